The number of aromatic nitrogens is 2. The second-order valence-electron chi connectivity index (χ2n) is 14.6. The summed E-state index contributed by atoms with van der Waals surface area (Å²) in [6.45, 7) is 1.30. The van der Waals surface area contributed by atoms with E-state index < -0.39 is 15.8 Å². The summed E-state index contributed by atoms with van der Waals surface area (Å²) >= 11 is 0. The number of methoxy groups -OCH3 is 1. The van der Waals surface area contributed by atoms with Crippen LogP contribution in [0.3, 0.4) is 0 Å². The number of benzene rings is 5. The van der Waals surface area contributed by atoms with Gasteiger partial charge in [0.1, 0.15) is 29.7 Å². The van der Waals surface area contributed by atoms with Gasteiger partial charge in [-0.15, -0.1) is 0 Å². The zero-order chi connectivity index (χ0) is 39.6. The third-order valence-corrected chi connectivity index (χ3v) is 12.0. The van der Waals surface area contributed by atoms with Gasteiger partial charge in [-0.05, 0) is 87.2 Å². The van der Waals surface area contributed by atoms with E-state index in [0.717, 1.165) is 20.7 Å². The Kier molecular flexibility index (Phi) is 11.3. The first kappa shape index (κ1) is 38.8. The van der Waals surface area contributed by atoms with Gasteiger partial charge in [-0.25, -0.2) is 21.2 Å². The average Bonchev–Trinajstić information content (AvgIpc) is 3.76. The SMILES string of the molecule is COc1cc(F)cc2c1c(CC(C(CN(C)C)c1cn(Cc3ccccc3)c3c(F)ccc(OCc4ccccc4)c13)N(C)C)cn2S(=O)(=O)c1ccccc1. The summed E-state index contributed by atoms with van der Waals surface area (Å²) in [6.07, 6.45) is 3.98. The van der Waals surface area contributed by atoms with E-state index >= 15 is 8.78 Å². The molecule has 56 heavy (non-hydrogen) atoms. The van der Waals surface area contributed by atoms with Gasteiger partial charge in [0, 0.05) is 54.3 Å². The monoisotopic (exact) mass is 776 g/mol. The summed E-state index contributed by atoms with van der Waals surface area (Å²) in [5.41, 5.74) is 4.19. The summed E-state index contributed by atoms with van der Waals surface area (Å²) in [6, 6.07) is 33.3. The van der Waals surface area contributed by atoms with E-state index in [4.69, 9.17) is 9.47 Å². The lowest BCUT2D eigenvalue weighted by molar-refractivity contribution is 0.219. The fraction of sp³-hybridized carbons (Fsp3) is 0.244. The van der Waals surface area contributed by atoms with Gasteiger partial charge in [-0.2, -0.15) is 0 Å². The number of ether oxygens (including phenoxy) is 2. The second kappa shape index (κ2) is 16.3. The van der Waals surface area contributed by atoms with E-state index in [-0.39, 0.29) is 33.9 Å². The molecular weight excluding hydrogens is 731 g/mol. The van der Waals surface area contributed by atoms with Crippen molar-refractivity contribution in [2.75, 3.05) is 41.8 Å². The minimum absolute atomic E-state index is 0.0811. The first-order chi connectivity index (χ1) is 27.0. The van der Waals surface area contributed by atoms with Gasteiger partial charge < -0.3 is 23.8 Å². The molecule has 0 fully saturated rings. The summed E-state index contributed by atoms with van der Waals surface area (Å²) in [4.78, 5) is 4.30. The van der Waals surface area contributed by atoms with Gasteiger partial charge in [0.05, 0.1) is 23.0 Å². The number of hydrogen-bond acceptors (Lipinski definition) is 6. The summed E-state index contributed by atoms with van der Waals surface area (Å²) in [5.74, 6) is -0.432. The van der Waals surface area contributed by atoms with Gasteiger partial charge in [0.15, 0.2) is 0 Å². The Labute approximate surface area is 327 Å². The zero-order valence-electron chi connectivity index (χ0n) is 32.2. The second-order valence-corrected chi connectivity index (χ2v) is 16.4. The fourth-order valence-corrected chi connectivity index (χ4v) is 9.13. The maximum Gasteiger partial charge on any atom is 0.268 e. The highest BCUT2D eigenvalue weighted by atomic mass is 32.2. The predicted octanol–water partition coefficient (Wildman–Crippen LogP) is 8.57. The van der Waals surface area contributed by atoms with Crippen LogP contribution in [0.5, 0.6) is 11.5 Å². The van der Waals surface area contributed by atoms with Crippen molar-refractivity contribution >= 4 is 31.8 Å². The van der Waals surface area contributed by atoms with Crippen molar-refractivity contribution in [1.82, 2.24) is 18.3 Å². The van der Waals surface area contributed by atoms with Crippen molar-refractivity contribution in [1.29, 1.82) is 0 Å². The third-order valence-electron chi connectivity index (χ3n) is 10.3. The Morgan fingerprint density at radius 2 is 1.39 bits per heavy atom. The Balaban J connectivity index is 1.41. The molecule has 0 bridgehead atoms. The van der Waals surface area contributed by atoms with E-state index in [9.17, 15) is 8.42 Å². The minimum Gasteiger partial charge on any atom is -0.496 e. The van der Waals surface area contributed by atoms with Crippen molar-refractivity contribution < 1.29 is 26.7 Å². The van der Waals surface area contributed by atoms with Crippen LogP contribution in [-0.4, -0.2) is 74.6 Å². The Morgan fingerprint density at radius 3 is 2.02 bits per heavy atom. The van der Waals surface area contributed by atoms with Crippen LogP contribution < -0.4 is 9.47 Å². The molecule has 5 aromatic carbocycles. The maximum absolute atomic E-state index is 16.3. The first-order valence-corrected chi connectivity index (χ1v) is 19.9. The topological polar surface area (TPSA) is 68.9 Å². The van der Waals surface area contributed by atoms with Crippen LogP contribution in [0.15, 0.2) is 133 Å². The Bertz CT molecular complexity index is 2560. The molecule has 0 N–H and O–H groups in total. The van der Waals surface area contributed by atoms with E-state index in [1.165, 1.54) is 37.4 Å². The van der Waals surface area contributed by atoms with E-state index in [1.807, 2.05) is 99.6 Å². The van der Waals surface area contributed by atoms with Crippen LogP contribution in [0, 0.1) is 11.6 Å². The van der Waals surface area contributed by atoms with Crippen molar-refractivity contribution in [3.63, 3.8) is 0 Å². The van der Waals surface area contributed by atoms with Gasteiger partial charge in [-0.3, -0.25) is 0 Å². The molecule has 2 unspecified atom stereocenters. The van der Waals surface area contributed by atoms with E-state index in [2.05, 4.69) is 9.80 Å². The molecule has 0 aliphatic rings. The molecular formula is C45H46F2N4O4S. The van der Waals surface area contributed by atoms with E-state index in [1.54, 1.807) is 30.5 Å². The third kappa shape index (κ3) is 7.80. The number of nitrogens with zero attached hydrogens (tertiary/aromatic N) is 4. The van der Waals surface area contributed by atoms with Crippen LogP contribution in [0.2, 0.25) is 0 Å². The van der Waals surface area contributed by atoms with Crippen LogP contribution >= 0.6 is 0 Å². The van der Waals surface area contributed by atoms with Crippen molar-refractivity contribution in [2.24, 2.45) is 0 Å². The molecule has 2 heterocycles. The van der Waals surface area contributed by atoms with Crippen molar-refractivity contribution in [3.05, 3.63) is 162 Å². The number of halogens is 2. The summed E-state index contributed by atoms with van der Waals surface area (Å²) in [7, 11) is 5.31. The van der Waals surface area contributed by atoms with Gasteiger partial charge in [0.25, 0.3) is 10.0 Å². The fourth-order valence-electron chi connectivity index (χ4n) is 7.74. The molecule has 0 saturated heterocycles. The molecule has 2 atom stereocenters. The lowest BCUT2D eigenvalue weighted by Crippen LogP contribution is -2.40. The van der Waals surface area contributed by atoms with Crippen LogP contribution in [0.25, 0.3) is 21.8 Å². The molecule has 0 radical (unpaired) electrons. The molecule has 0 spiro atoms. The number of rotatable bonds is 15. The van der Waals surface area contributed by atoms with Crippen molar-refractivity contribution in [2.45, 2.75) is 36.4 Å². The normalized spacial score (nSPS) is 13.2. The minimum atomic E-state index is -4.12. The molecule has 11 heteroatoms. The number of likely N-dealkylation sites (N-methyl/N-ethyl adjacent to an activating group) is 2. The molecule has 290 valence electrons. The first-order valence-electron chi connectivity index (χ1n) is 18.5. The van der Waals surface area contributed by atoms with Crippen LogP contribution in [0.1, 0.15) is 28.2 Å². The lowest BCUT2D eigenvalue weighted by atomic mass is 9.85. The quantitative estimate of drug-likeness (QED) is 0.104. The van der Waals surface area contributed by atoms with Crippen LogP contribution in [-0.2, 0) is 29.6 Å². The molecule has 0 saturated carbocycles. The van der Waals surface area contributed by atoms with Crippen molar-refractivity contribution in [3.8, 4) is 11.5 Å². The molecule has 7 aromatic rings. The highest BCUT2D eigenvalue weighted by Gasteiger charge is 2.33. The highest BCUT2D eigenvalue weighted by molar-refractivity contribution is 7.90. The zero-order valence-corrected chi connectivity index (χ0v) is 33.0. The maximum atomic E-state index is 16.3. The molecule has 0 amide bonds. The van der Waals surface area contributed by atoms with Gasteiger partial charge >= 0.3 is 0 Å². The Hall–Kier alpha value is -5.49. The standard InChI is InChI=1S/C45H46F2N4O4S/c1-48(2)28-36(37-29-50(26-31-15-9-6-10-16-31)45-38(47)21-22-41(44(37)45)55-30-32-17-11-7-12-18-32)39(49(3)4)23-33-27-51(56(52,53)35-19-13-8-14-20-35)40-24-34(46)25-42(54-5)43(33)40/h6-22,24-25,27,29,36,39H,23,26,28,30H2,1-5H3. The summed E-state index contributed by atoms with van der Waals surface area (Å²) < 4.78 is 75.1. The van der Waals surface area contributed by atoms with E-state index in [0.29, 0.717) is 53.7 Å². The molecule has 0 aliphatic carbocycles. The van der Waals surface area contributed by atoms with Gasteiger partial charge in [0.2, 0.25) is 0 Å². The average molecular weight is 777 g/mol. The summed E-state index contributed by atoms with van der Waals surface area (Å²) in [5, 5.41) is 1.19. The lowest BCUT2D eigenvalue weighted by Gasteiger charge is -2.34. The molecule has 8 nitrogen and oxygen atoms in total. The molecule has 0 aliphatic heterocycles. The van der Waals surface area contributed by atoms with Crippen LogP contribution in [0.4, 0.5) is 8.78 Å². The highest BCUT2D eigenvalue weighted by Crippen LogP contribution is 2.42. The number of fused-ring (bicyclic) bond motifs is 2. The molecule has 7 rings (SSSR count). The smallest absolute Gasteiger partial charge is 0.268 e. The Morgan fingerprint density at radius 1 is 0.750 bits per heavy atom. The molecule has 2 aromatic heterocycles. The van der Waals surface area contributed by atoms with Gasteiger partial charge in [-0.1, -0.05) is 78.9 Å². The largest absolute Gasteiger partial charge is 0.496 e. The predicted molar refractivity (Wildman–Crippen MR) is 218 cm³/mol. The number of hydrogen-bond donors (Lipinski definition) is 0.